The molecule has 16 heavy (non-hydrogen) atoms. The third-order valence-electron chi connectivity index (χ3n) is 2.01. The van der Waals surface area contributed by atoms with Crippen molar-refractivity contribution in [3.05, 3.63) is 29.8 Å². The predicted octanol–water partition coefficient (Wildman–Crippen LogP) is 1.13. The minimum absolute atomic E-state index is 0.250. The second kappa shape index (κ2) is 6.40. The van der Waals surface area contributed by atoms with Crippen LogP contribution in [0.3, 0.4) is 0 Å². The maximum atomic E-state index is 11.0. The lowest BCUT2D eigenvalue weighted by atomic mass is 10.2. The molecular weight excluding hydrogens is 226 g/mol. The first-order valence-corrected chi connectivity index (χ1v) is 5.98. The molecule has 0 heterocycles. The highest BCUT2D eigenvalue weighted by molar-refractivity contribution is 7.98. The fourth-order valence-corrected chi connectivity index (χ4v) is 2.05. The Morgan fingerprint density at radius 2 is 2.12 bits per heavy atom. The van der Waals surface area contributed by atoms with Crippen molar-refractivity contribution in [2.24, 2.45) is 5.73 Å². The lowest BCUT2D eigenvalue weighted by Gasteiger charge is -2.08. The van der Waals surface area contributed by atoms with Gasteiger partial charge in [0.05, 0.1) is 7.11 Å². The third kappa shape index (κ3) is 4.12. The number of rotatable bonds is 5. The molecule has 1 atom stereocenters. The van der Waals surface area contributed by atoms with Gasteiger partial charge in [-0.1, -0.05) is 12.1 Å². The first kappa shape index (κ1) is 12.9. The molecule has 0 aliphatic rings. The lowest BCUT2D eigenvalue weighted by molar-refractivity contribution is -0.141. The second-order valence-corrected chi connectivity index (χ2v) is 4.34. The Labute approximate surface area is 98.8 Å². The molecule has 0 saturated heterocycles. The molecular formula is C11H15NO3S. The van der Waals surface area contributed by atoms with Crippen molar-refractivity contribution in [3.63, 3.8) is 0 Å². The summed E-state index contributed by atoms with van der Waals surface area (Å²) in [5.41, 5.74) is 6.66. The molecule has 0 aromatic heterocycles. The largest absolute Gasteiger partial charge is 0.508 e. The van der Waals surface area contributed by atoms with Gasteiger partial charge in [0.1, 0.15) is 11.8 Å². The summed E-state index contributed by atoms with van der Waals surface area (Å²) in [7, 11) is 1.33. The summed E-state index contributed by atoms with van der Waals surface area (Å²) in [6.45, 7) is 0. The molecule has 1 aromatic rings. The Morgan fingerprint density at radius 3 is 2.69 bits per heavy atom. The number of benzene rings is 1. The second-order valence-electron chi connectivity index (χ2n) is 3.31. The Hall–Kier alpha value is -1.20. The number of phenols is 1. The number of methoxy groups -OCH3 is 1. The first-order chi connectivity index (χ1) is 7.63. The van der Waals surface area contributed by atoms with E-state index in [0.29, 0.717) is 5.75 Å². The smallest absolute Gasteiger partial charge is 0.323 e. The van der Waals surface area contributed by atoms with Gasteiger partial charge in [-0.2, -0.15) is 11.8 Å². The van der Waals surface area contributed by atoms with Crippen LogP contribution in [0.1, 0.15) is 5.56 Å². The number of nitrogens with two attached hydrogens (primary N) is 1. The van der Waals surface area contributed by atoms with Crippen molar-refractivity contribution in [2.45, 2.75) is 11.8 Å². The van der Waals surface area contributed by atoms with E-state index < -0.39 is 12.0 Å². The number of phenolic OH excluding ortho intramolecular Hbond substituents is 1. The molecule has 0 saturated carbocycles. The predicted molar refractivity (Wildman–Crippen MR) is 64.3 cm³/mol. The standard InChI is InChI=1S/C11H15NO3S/c1-15-11(14)10(12)7-16-6-8-2-4-9(13)5-3-8/h2-5,10,13H,6-7,12H2,1H3. The van der Waals surface area contributed by atoms with Gasteiger partial charge in [-0.25, -0.2) is 0 Å². The normalized spacial score (nSPS) is 12.1. The number of carbonyl (C=O) groups is 1. The Morgan fingerprint density at radius 1 is 1.50 bits per heavy atom. The topological polar surface area (TPSA) is 72.5 Å². The number of esters is 1. The molecule has 1 unspecified atom stereocenters. The number of thioether (sulfide) groups is 1. The minimum Gasteiger partial charge on any atom is -0.508 e. The summed E-state index contributed by atoms with van der Waals surface area (Å²) in [5, 5.41) is 9.09. The average Bonchev–Trinajstić information content (AvgIpc) is 2.30. The fraction of sp³-hybridized carbons (Fsp3) is 0.364. The van der Waals surface area contributed by atoms with Crippen LogP contribution in [0.25, 0.3) is 0 Å². The van der Waals surface area contributed by atoms with Crippen molar-refractivity contribution in [1.82, 2.24) is 0 Å². The summed E-state index contributed by atoms with van der Waals surface area (Å²) in [6, 6.07) is 6.37. The van der Waals surface area contributed by atoms with Crippen molar-refractivity contribution in [1.29, 1.82) is 0 Å². The van der Waals surface area contributed by atoms with E-state index in [-0.39, 0.29) is 5.75 Å². The highest BCUT2D eigenvalue weighted by Gasteiger charge is 2.12. The molecule has 4 nitrogen and oxygen atoms in total. The molecule has 1 rings (SSSR count). The molecule has 0 amide bonds. The van der Waals surface area contributed by atoms with E-state index in [1.54, 1.807) is 23.9 Å². The number of carbonyl (C=O) groups excluding carboxylic acids is 1. The van der Waals surface area contributed by atoms with Crippen LogP contribution in [0.5, 0.6) is 5.75 Å². The molecule has 88 valence electrons. The van der Waals surface area contributed by atoms with Gasteiger partial charge in [0.25, 0.3) is 0 Å². The maximum absolute atomic E-state index is 11.0. The van der Waals surface area contributed by atoms with Gasteiger partial charge in [0, 0.05) is 11.5 Å². The Balaban J connectivity index is 2.30. The zero-order chi connectivity index (χ0) is 12.0. The van der Waals surface area contributed by atoms with Crippen molar-refractivity contribution < 1.29 is 14.6 Å². The molecule has 1 aromatic carbocycles. The Kier molecular flexibility index (Phi) is 5.14. The van der Waals surface area contributed by atoms with Crippen LogP contribution < -0.4 is 5.73 Å². The van der Waals surface area contributed by atoms with Crippen molar-refractivity contribution >= 4 is 17.7 Å². The van der Waals surface area contributed by atoms with Gasteiger partial charge in [0.2, 0.25) is 0 Å². The van der Waals surface area contributed by atoms with Gasteiger partial charge in [-0.3, -0.25) is 4.79 Å². The van der Waals surface area contributed by atoms with E-state index in [1.807, 2.05) is 12.1 Å². The zero-order valence-corrected chi connectivity index (χ0v) is 9.87. The summed E-state index contributed by atoms with van der Waals surface area (Å²) in [5.74, 6) is 1.14. The van der Waals surface area contributed by atoms with Gasteiger partial charge < -0.3 is 15.6 Å². The molecule has 5 heteroatoms. The van der Waals surface area contributed by atoms with Gasteiger partial charge in [0.15, 0.2) is 0 Å². The maximum Gasteiger partial charge on any atom is 0.323 e. The highest BCUT2D eigenvalue weighted by atomic mass is 32.2. The summed E-state index contributed by atoms with van der Waals surface area (Å²) in [4.78, 5) is 11.0. The summed E-state index contributed by atoms with van der Waals surface area (Å²) < 4.78 is 4.52. The number of aromatic hydroxyl groups is 1. The molecule has 3 N–H and O–H groups in total. The van der Waals surface area contributed by atoms with Gasteiger partial charge in [-0.05, 0) is 17.7 Å². The van der Waals surface area contributed by atoms with Crippen LogP contribution in [0.4, 0.5) is 0 Å². The van der Waals surface area contributed by atoms with Crippen LogP contribution >= 0.6 is 11.8 Å². The quantitative estimate of drug-likeness (QED) is 0.756. The van der Waals surface area contributed by atoms with E-state index in [1.165, 1.54) is 7.11 Å². The van der Waals surface area contributed by atoms with Crippen LogP contribution in [0.2, 0.25) is 0 Å². The van der Waals surface area contributed by atoms with Crippen LogP contribution in [0, 0.1) is 0 Å². The lowest BCUT2D eigenvalue weighted by Crippen LogP contribution is -2.33. The summed E-state index contributed by atoms with van der Waals surface area (Å²) in [6.07, 6.45) is 0. The SMILES string of the molecule is COC(=O)C(N)CSCc1ccc(O)cc1. The van der Waals surface area contributed by atoms with Crippen LogP contribution in [0.15, 0.2) is 24.3 Å². The molecule has 0 bridgehead atoms. The van der Waals surface area contributed by atoms with E-state index in [0.717, 1.165) is 11.3 Å². The Bertz CT molecular complexity index is 340. The molecule has 0 spiro atoms. The van der Waals surface area contributed by atoms with Crippen LogP contribution in [-0.4, -0.2) is 30.0 Å². The molecule has 0 aliphatic carbocycles. The van der Waals surface area contributed by atoms with Crippen LogP contribution in [-0.2, 0) is 15.3 Å². The van der Waals surface area contributed by atoms with E-state index in [4.69, 9.17) is 10.8 Å². The third-order valence-corrected chi connectivity index (χ3v) is 3.14. The zero-order valence-electron chi connectivity index (χ0n) is 9.05. The van der Waals surface area contributed by atoms with Crippen molar-refractivity contribution in [3.8, 4) is 5.75 Å². The number of ether oxygens (including phenoxy) is 1. The fourth-order valence-electron chi connectivity index (χ4n) is 1.12. The van der Waals surface area contributed by atoms with E-state index in [2.05, 4.69) is 4.74 Å². The van der Waals surface area contributed by atoms with Gasteiger partial charge >= 0.3 is 5.97 Å². The van der Waals surface area contributed by atoms with Crippen molar-refractivity contribution in [2.75, 3.05) is 12.9 Å². The first-order valence-electron chi connectivity index (χ1n) is 4.82. The number of hydrogen-bond acceptors (Lipinski definition) is 5. The molecule has 0 aliphatic heterocycles. The summed E-state index contributed by atoms with van der Waals surface area (Å²) >= 11 is 1.56. The average molecular weight is 241 g/mol. The highest BCUT2D eigenvalue weighted by Crippen LogP contribution is 2.16. The van der Waals surface area contributed by atoms with E-state index >= 15 is 0 Å². The number of hydrogen-bond donors (Lipinski definition) is 2. The van der Waals surface area contributed by atoms with Gasteiger partial charge in [-0.15, -0.1) is 0 Å². The molecule has 0 fully saturated rings. The molecule has 0 radical (unpaired) electrons. The minimum atomic E-state index is -0.577. The van der Waals surface area contributed by atoms with E-state index in [9.17, 15) is 4.79 Å². The monoisotopic (exact) mass is 241 g/mol.